The van der Waals surface area contributed by atoms with E-state index in [1.54, 1.807) is 33.2 Å². The normalized spacial score (nSPS) is 17.4. The van der Waals surface area contributed by atoms with E-state index >= 15 is 0 Å². The highest BCUT2D eigenvalue weighted by Crippen LogP contribution is 2.29. The lowest BCUT2D eigenvalue weighted by Crippen LogP contribution is -2.56. The molecule has 0 spiro atoms. The van der Waals surface area contributed by atoms with Crippen molar-refractivity contribution >= 4 is 21.7 Å². The molecule has 12 heteroatoms. The summed E-state index contributed by atoms with van der Waals surface area (Å²) in [5.74, 6) is -2.16. The van der Waals surface area contributed by atoms with E-state index in [0.717, 1.165) is 43.4 Å². The SMILES string of the molecule is CC(C)(C)S(=O)(=O)C[C@@H](Cc1ccccc1)C(=O)N[C@@H](Cc1cnc[nH]1)C(=O)N[C@@H](CC1CCCCC1)[C@@H](O)[C@@H](O)CCc1ccccn1. The number of carbonyl (C=O) groups is 2. The van der Waals surface area contributed by atoms with Crippen LogP contribution in [0.15, 0.2) is 67.3 Å². The van der Waals surface area contributed by atoms with Gasteiger partial charge in [-0.3, -0.25) is 14.6 Å². The number of nitrogens with one attached hydrogen (secondary N) is 3. The standard InChI is InChI=1S/C37H53N5O6S/c1-37(2,3)49(47,48)24-28(20-26-12-6-4-7-13-26)35(45)42-32(22-30-23-38-25-40-30)36(46)41-31(21-27-14-8-5-9-15-27)34(44)33(43)18-17-29-16-10-11-19-39-29/h4,6-7,10-13,16,19,23,25,27-28,31-34,43-44H,5,8-9,14-15,17-18,20-22,24H2,1-3H3,(H,38,40)(H,41,46)(H,42,45)/t28-,31+,32+,33+,34-/m1/s1. The smallest absolute Gasteiger partial charge is 0.243 e. The van der Waals surface area contributed by atoms with Crippen molar-refractivity contribution in [3.05, 3.63) is 84.2 Å². The topological polar surface area (TPSA) is 174 Å². The summed E-state index contributed by atoms with van der Waals surface area (Å²) in [4.78, 5) is 39.4. The average Bonchev–Trinajstić information content (AvgIpc) is 3.60. The van der Waals surface area contributed by atoms with Crippen LogP contribution in [0.3, 0.4) is 0 Å². The van der Waals surface area contributed by atoms with E-state index in [1.807, 2.05) is 48.5 Å². The third-order valence-corrected chi connectivity index (χ3v) is 12.2. The number of rotatable bonds is 17. The van der Waals surface area contributed by atoms with E-state index < -0.39 is 56.6 Å². The van der Waals surface area contributed by atoms with Crippen molar-refractivity contribution in [3.8, 4) is 0 Å². The van der Waals surface area contributed by atoms with Crippen molar-refractivity contribution in [2.24, 2.45) is 11.8 Å². The number of aromatic nitrogens is 3. The fourth-order valence-electron chi connectivity index (χ4n) is 6.39. The molecule has 1 aliphatic carbocycles. The number of hydrogen-bond acceptors (Lipinski definition) is 8. The second kappa shape index (κ2) is 17.9. The van der Waals surface area contributed by atoms with Crippen LogP contribution < -0.4 is 10.6 Å². The lowest BCUT2D eigenvalue weighted by molar-refractivity contribution is -0.132. The Hall–Kier alpha value is -3.61. The van der Waals surface area contributed by atoms with Crippen LogP contribution in [0.1, 0.15) is 82.7 Å². The highest BCUT2D eigenvalue weighted by atomic mass is 32.2. The van der Waals surface area contributed by atoms with Gasteiger partial charge in [0.25, 0.3) is 0 Å². The fourth-order valence-corrected chi connectivity index (χ4v) is 7.68. The maximum absolute atomic E-state index is 14.1. The minimum Gasteiger partial charge on any atom is -0.390 e. The van der Waals surface area contributed by atoms with Crippen LogP contribution in [0, 0.1) is 11.8 Å². The van der Waals surface area contributed by atoms with Gasteiger partial charge in [-0.2, -0.15) is 0 Å². The van der Waals surface area contributed by atoms with Crippen LogP contribution in [-0.4, -0.2) is 80.2 Å². The number of hydrogen-bond donors (Lipinski definition) is 5. The Morgan fingerprint density at radius 1 is 0.959 bits per heavy atom. The number of amides is 2. The molecule has 5 N–H and O–H groups in total. The molecule has 0 radical (unpaired) electrons. The van der Waals surface area contributed by atoms with Gasteiger partial charge in [0.05, 0.1) is 34.9 Å². The summed E-state index contributed by atoms with van der Waals surface area (Å²) < 4.78 is 25.6. The Bertz CT molecular complexity index is 1540. The predicted molar refractivity (Wildman–Crippen MR) is 189 cm³/mol. The number of benzene rings is 1. The summed E-state index contributed by atoms with van der Waals surface area (Å²) in [5, 5.41) is 28.4. The monoisotopic (exact) mass is 695 g/mol. The highest BCUT2D eigenvalue weighted by Gasteiger charge is 2.37. The molecule has 268 valence electrons. The zero-order chi connectivity index (χ0) is 35.4. The van der Waals surface area contributed by atoms with Crippen LogP contribution in [0.2, 0.25) is 0 Å². The van der Waals surface area contributed by atoms with Gasteiger partial charge in [0, 0.05) is 30.2 Å². The summed E-state index contributed by atoms with van der Waals surface area (Å²) in [6, 6.07) is 12.9. The van der Waals surface area contributed by atoms with E-state index in [-0.39, 0.29) is 30.9 Å². The first kappa shape index (κ1) is 38.2. The third-order valence-electron chi connectivity index (χ3n) is 9.53. The van der Waals surface area contributed by atoms with Crippen molar-refractivity contribution < 1.29 is 28.2 Å². The summed E-state index contributed by atoms with van der Waals surface area (Å²) in [5.41, 5.74) is 2.20. The molecule has 0 unspecified atom stereocenters. The van der Waals surface area contributed by atoms with Crippen molar-refractivity contribution in [1.29, 1.82) is 0 Å². The second-order valence-corrected chi connectivity index (χ2v) is 17.2. The minimum atomic E-state index is -3.69. The summed E-state index contributed by atoms with van der Waals surface area (Å²) in [6.07, 6.45) is 9.04. The Morgan fingerprint density at radius 2 is 1.67 bits per heavy atom. The molecule has 1 saturated carbocycles. The van der Waals surface area contributed by atoms with Gasteiger partial charge in [0.1, 0.15) is 12.1 Å². The third kappa shape index (κ3) is 11.8. The molecule has 0 bridgehead atoms. The first-order chi connectivity index (χ1) is 23.3. The molecule has 4 rings (SSSR count). The summed E-state index contributed by atoms with van der Waals surface area (Å²) in [7, 11) is -3.69. The van der Waals surface area contributed by atoms with E-state index in [2.05, 4.69) is 25.6 Å². The second-order valence-electron chi connectivity index (χ2n) is 14.4. The number of carbonyl (C=O) groups excluding carboxylic acids is 2. The molecular weight excluding hydrogens is 643 g/mol. The molecule has 2 heterocycles. The number of sulfone groups is 1. The van der Waals surface area contributed by atoms with Crippen LogP contribution in [0.25, 0.3) is 0 Å². The van der Waals surface area contributed by atoms with Gasteiger partial charge in [-0.05, 0) is 70.1 Å². The highest BCUT2D eigenvalue weighted by molar-refractivity contribution is 7.92. The van der Waals surface area contributed by atoms with E-state index in [4.69, 9.17) is 0 Å². The Morgan fingerprint density at radius 3 is 2.31 bits per heavy atom. The van der Waals surface area contributed by atoms with Crippen LogP contribution >= 0.6 is 0 Å². The number of imidazole rings is 1. The number of H-pyrrole nitrogens is 1. The maximum atomic E-state index is 14.1. The van der Waals surface area contributed by atoms with Crippen molar-refractivity contribution in [2.45, 2.75) is 114 Å². The minimum absolute atomic E-state index is 0.0656. The molecule has 3 aromatic rings. The summed E-state index contributed by atoms with van der Waals surface area (Å²) in [6.45, 7) is 4.82. The first-order valence-corrected chi connectivity index (χ1v) is 19.1. The Labute approximate surface area is 290 Å². The van der Waals surface area contributed by atoms with E-state index in [1.165, 1.54) is 6.33 Å². The molecular formula is C37H53N5O6S. The lowest BCUT2D eigenvalue weighted by atomic mass is 9.82. The first-order valence-electron chi connectivity index (χ1n) is 17.4. The largest absolute Gasteiger partial charge is 0.390 e. The quantitative estimate of drug-likeness (QED) is 0.142. The van der Waals surface area contributed by atoms with Crippen LogP contribution in [0.5, 0.6) is 0 Å². The maximum Gasteiger partial charge on any atom is 0.243 e. The number of nitrogens with zero attached hydrogens (tertiary/aromatic N) is 2. The number of aromatic amines is 1. The van der Waals surface area contributed by atoms with Gasteiger partial charge in [0.2, 0.25) is 11.8 Å². The average molecular weight is 696 g/mol. The van der Waals surface area contributed by atoms with Crippen LogP contribution in [-0.2, 0) is 38.7 Å². The molecule has 0 saturated heterocycles. The lowest BCUT2D eigenvalue weighted by Gasteiger charge is -2.33. The molecule has 2 aromatic heterocycles. The van der Waals surface area contributed by atoms with Crippen molar-refractivity contribution in [2.75, 3.05) is 5.75 Å². The van der Waals surface area contributed by atoms with Gasteiger partial charge < -0.3 is 25.8 Å². The van der Waals surface area contributed by atoms with Gasteiger partial charge in [-0.25, -0.2) is 13.4 Å². The number of aryl methyl sites for hydroxylation is 1. The fraction of sp³-hybridized carbons (Fsp3) is 0.568. The molecule has 5 atom stereocenters. The van der Waals surface area contributed by atoms with Gasteiger partial charge in [-0.15, -0.1) is 0 Å². The number of pyridine rings is 1. The zero-order valence-electron chi connectivity index (χ0n) is 28.9. The molecule has 49 heavy (non-hydrogen) atoms. The number of aliphatic hydroxyl groups is 2. The Balaban J connectivity index is 1.55. The molecule has 11 nitrogen and oxygen atoms in total. The van der Waals surface area contributed by atoms with Gasteiger partial charge in [-0.1, -0.05) is 68.5 Å². The molecule has 1 aromatic carbocycles. The van der Waals surface area contributed by atoms with Crippen LogP contribution in [0.4, 0.5) is 0 Å². The van der Waals surface area contributed by atoms with E-state index in [0.29, 0.717) is 18.5 Å². The molecule has 1 fully saturated rings. The van der Waals surface area contributed by atoms with Crippen molar-refractivity contribution in [1.82, 2.24) is 25.6 Å². The molecule has 2 amide bonds. The summed E-state index contributed by atoms with van der Waals surface area (Å²) >= 11 is 0. The predicted octanol–water partition coefficient (Wildman–Crippen LogP) is 3.71. The molecule has 0 aliphatic heterocycles. The van der Waals surface area contributed by atoms with Gasteiger partial charge in [0.15, 0.2) is 9.84 Å². The van der Waals surface area contributed by atoms with E-state index in [9.17, 15) is 28.2 Å². The Kier molecular flexibility index (Phi) is 13.9. The van der Waals surface area contributed by atoms with Gasteiger partial charge >= 0.3 is 0 Å². The molecule has 1 aliphatic rings. The zero-order valence-corrected chi connectivity index (χ0v) is 29.7. The van der Waals surface area contributed by atoms with Crippen molar-refractivity contribution in [3.63, 3.8) is 0 Å². The number of aliphatic hydroxyl groups excluding tert-OH is 2.